The monoisotopic (exact) mass is 239 g/mol. The lowest BCUT2D eigenvalue weighted by molar-refractivity contribution is 0.0256. The summed E-state index contributed by atoms with van der Waals surface area (Å²) in [5.41, 5.74) is 2.46. The molecule has 0 radical (unpaired) electrons. The third-order valence-corrected chi connectivity index (χ3v) is 4.00. The maximum Gasteiger partial charge on any atom is 0.0952 e. The molecule has 2 nitrogen and oxygen atoms in total. The number of hydrogen-bond donors (Lipinski definition) is 1. The van der Waals surface area contributed by atoms with E-state index in [2.05, 4.69) is 11.1 Å². The lowest BCUT2D eigenvalue weighted by Crippen LogP contribution is -2.29. The molecule has 1 aromatic heterocycles. The SMILES string of the molecule is CC(O)(c1ccccc1)C1CCc2cccnc21. The van der Waals surface area contributed by atoms with Gasteiger partial charge in [0.05, 0.1) is 5.60 Å². The summed E-state index contributed by atoms with van der Waals surface area (Å²) in [7, 11) is 0. The van der Waals surface area contributed by atoms with Crippen LogP contribution in [0.15, 0.2) is 48.7 Å². The zero-order chi connectivity index (χ0) is 12.6. The molecule has 92 valence electrons. The van der Waals surface area contributed by atoms with Crippen molar-refractivity contribution in [3.05, 3.63) is 65.5 Å². The maximum atomic E-state index is 10.9. The van der Waals surface area contributed by atoms with Gasteiger partial charge in [0.1, 0.15) is 0 Å². The van der Waals surface area contributed by atoms with Crippen LogP contribution in [-0.4, -0.2) is 10.1 Å². The zero-order valence-electron chi connectivity index (χ0n) is 10.5. The van der Waals surface area contributed by atoms with Crippen molar-refractivity contribution >= 4 is 0 Å². The average molecular weight is 239 g/mol. The summed E-state index contributed by atoms with van der Waals surface area (Å²) in [6, 6.07) is 14.0. The highest BCUT2D eigenvalue weighted by Gasteiger charge is 2.39. The van der Waals surface area contributed by atoms with Gasteiger partial charge >= 0.3 is 0 Å². The molecule has 0 amide bonds. The summed E-state index contributed by atoms with van der Waals surface area (Å²) in [5, 5.41) is 10.9. The van der Waals surface area contributed by atoms with E-state index in [4.69, 9.17) is 0 Å². The summed E-state index contributed by atoms with van der Waals surface area (Å²) in [6.45, 7) is 1.90. The predicted molar refractivity (Wildman–Crippen MR) is 71.3 cm³/mol. The van der Waals surface area contributed by atoms with Crippen LogP contribution in [0.25, 0.3) is 0 Å². The van der Waals surface area contributed by atoms with Crippen molar-refractivity contribution in [2.75, 3.05) is 0 Å². The van der Waals surface area contributed by atoms with Gasteiger partial charge in [0, 0.05) is 17.8 Å². The number of benzene rings is 1. The second kappa shape index (κ2) is 4.21. The van der Waals surface area contributed by atoms with Crippen LogP contribution in [0.5, 0.6) is 0 Å². The van der Waals surface area contributed by atoms with Crippen LogP contribution in [0.2, 0.25) is 0 Å². The number of fused-ring (bicyclic) bond motifs is 1. The van der Waals surface area contributed by atoms with Crippen LogP contribution in [0.3, 0.4) is 0 Å². The molecular formula is C16H17NO. The molecule has 1 heterocycles. The molecule has 0 saturated heterocycles. The van der Waals surface area contributed by atoms with Crippen LogP contribution in [-0.2, 0) is 12.0 Å². The number of aromatic nitrogens is 1. The van der Waals surface area contributed by atoms with Gasteiger partial charge in [-0.05, 0) is 37.0 Å². The summed E-state index contributed by atoms with van der Waals surface area (Å²) >= 11 is 0. The van der Waals surface area contributed by atoms with Gasteiger partial charge in [-0.2, -0.15) is 0 Å². The smallest absolute Gasteiger partial charge is 0.0952 e. The van der Waals surface area contributed by atoms with Gasteiger partial charge in [-0.15, -0.1) is 0 Å². The van der Waals surface area contributed by atoms with Crippen molar-refractivity contribution in [3.63, 3.8) is 0 Å². The second-order valence-electron chi connectivity index (χ2n) is 5.15. The first-order chi connectivity index (χ1) is 8.69. The molecule has 1 aromatic carbocycles. The molecular weight excluding hydrogens is 222 g/mol. The molecule has 1 aliphatic rings. The fraction of sp³-hybridized carbons (Fsp3) is 0.312. The molecule has 0 fully saturated rings. The van der Waals surface area contributed by atoms with Gasteiger partial charge in [-0.3, -0.25) is 4.98 Å². The summed E-state index contributed by atoms with van der Waals surface area (Å²) in [5.74, 6) is 0.0936. The van der Waals surface area contributed by atoms with Crippen molar-refractivity contribution in [1.82, 2.24) is 4.98 Å². The van der Waals surface area contributed by atoms with Crippen molar-refractivity contribution in [2.45, 2.75) is 31.3 Å². The van der Waals surface area contributed by atoms with Crippen LogP contribution in [0, 0.1) is 0 Å². The first-order valence-corrected chi connectivity index (χ1v) is 6.41. The molecule has 0 spiro atoms. The quantitative estimate of drug-likeness (QED) is 0.873. The van der Waals surface area contributed by atoms with E-state index >= 15 is 0 Å². The fourth-order valence-electron chi connectivity index (χ4n) is 2.94. The Balaban J connectivity index is 2.02. The Bertz CT molecular complexity index is 548. The number of aliphatic hydroxyl groups is 1. The van der Waals surface area contributed by atoms with Crippen molar-refractivity contribution in [2.24, 2.45) is 0 Å². The normalized spacial score (nSPS) is 21.3. The Labute approximate surface area is 107 Å². The lowest BCUT2D eigenvalue weighted by atomic mass is 9.81. The highest BCUT2D eigenvalue weighted by atomic mass is 16.3. The van der Waals surface area contributed by atoms with Crippen molar-refractivity contribution in [1.29, 1.82) is 0 Å². The van der Waals surface area contributed by atoms with Crippen LogP contribution in [0.1, 0.15) is 36.1 Å². The van der Waals surface area contributed by atoms with E-state index in [0.717, 1.165) is 24.1 Å². The first kappa shape index (κ1) is 11.4. The number of hydrogen-bond acceptors (Lipinski definition) is 2. The molecule has 1 N–H and O–H groups in total. The molecule has 1 aliphatic carbocycles. The number of pyridine rings is 1. The summed E-state index contributed by atoms with van der Waals surface area (Å²) in [6.07, 6.45) is 3.79. The summed E-state index contributed by atoms with van der Waals surface area (Å²) < 4.78 is 0. The van der Waals surface area contributed by atoms with E-state index in [-0.39, 0.29) is 5.92 Å². The number of rotatable bonds is 2. The summed E-state index contributed by atoms with van der Waals surface area (Å²) in [4.78, 5) is 4.47. The Hall–Kier alpha value is -1.67. The average Bonchev–Trinajstić information content (AvgIpc) is 2.84. The lowest BCUT2D eigenvalue weighted by Gasteiger charge is -2.30. The molecule has 2 heteroatoms. The minimum atomic E-state index is -0.846. The van der Waals surface area contributed by atoms with Gasteiger partial charge in [0.15, 0.2) is 0 Å². The minimum absolute atomic E-state index is 0.0936. The van der Waals surface area contributed by atoms with Gasteiger partial charge in [0.2, 0.25) is 0 Å². The van der Waals surface area contributed by atoms with E-state index in [1.54, 1.807) is 0 Å². The third kappa shape index (κ3) is 1.73. The highest BCUT2D eigenvalue weighted by Crippen LogP contribution is 2.44. The Morgan fingerprint density at radius 3 is 2.72 bits per heavy atom. The Morgan fingerprint density at radius 2 is 1.94 bits per heavy atom. The number of nitrogens with zero attached hydrogens (tertiary/aromatic N) is 1. The molecule has 0 bridgehead atoms. The van der Waals surface area contributed by atoms with E-state index in [0.29, 0.717) is 0 Å². The molecule has 18 heavy (non-hydrogen) atoms. The highest BCUT2D eigenvalue weighted by molar-refractivity contribution is 5.35. The predicted octanol–water partition coefficient (Wildman–Crippen LogP) is 3.02. The molecule has 2 unspecified atom stereocenters. The van der Waals surface area contributed by atoms with Gasteiger partial charge in [-0.1, -0.05) is 36.4 Å². The maximum absolute atomic E-state index is 10.9. The Morgan fingerprint density at radius 1 is 1.17 bits per heavy atom. The molecule has 0 aliphatic heterocycles. The standard InChI is InChI=1S/C16H17NO/c1-16(18,13-7-3-2-4-8-13)14-10-9-12-6-5-11-17-15(12)14/h2-8,11,14,18H,9-10H2,1H3. The van der Waals surface area contributed by atoms with E-state index in [1.807, 2.05) is 49.5 Å². The van der Waals surface area contributed by atoms with E-state index in [1.165, 1.54) is 5.56 Å². The second-order valence-corrected chi connectivity index (χ2v) is 5.15. The van der Waals surface area contributed by atoms with Crippen molar-refractivity contribution in [3.8, 4) is 0 Å². The zero-order valence-corrected chi connectivity index (χ0v) is 10.5. The van der Waals surface area contributed by atoms with Crippen LogP contribution in [0.4, 0.5) is 0 Å². The van der Waals surface area contributed by atoms with Crippen LogP contribution >= 0.6 is 0 Å². The largest absolute Gasteiger partial charge is 0.385 e. The number of aryl methyl sites for hydroxylation is 1. The first-order valence-electron chi connectivity index (χ1n) is 6.41. The molecule has 2 atom stereocenters. The molecule has 3 rings (SSSR count). The van der Waals surface area contributed by atoms with Crippen molar-refractivity contribution < 1.29 is 5.11 Å². The van der Waals surface area contributed by atoms with Gasteiger partial charge in [0.25, 0.3) is 0 Å². The van der Waals surface area contributed by atoms with Gasteiger partial charge in [-0.25, -0.2) is 0 Å². The van der Waals surface area contributed by atoms with E-state index < -0.39 is 5.60 Å². The molecule has 0 saturated carbocycles. The molecule has 2 aromatic rings. The van der Waals surface area contributed by atoms with Crippen LogP contribution < -0.4 is 0 Å². The van der Waals surface area contributed by atoms with Gasteiger partial charge < -0.3 is 5.11 Å². The third-order valence-electron chi connectivity index (χ3n) is 4.00. The van der Waals surface area contributed by atoms with E-state index in [9.17, 15) is 5.11 Å². The minimum Gasteiger partial charge on any atom is -0.385 e. The fourth-order valence-corrected chi connectivity index (χ4v) is 2.94. The Kier molecular flexibility index (Phi) is 2.67. The topological polar surface area (TPSA) is 33.1 Å².